The van der Waals surface area contributed by atoms with E-state index < -0.39 is 35.5 Å². The number of hydrogen-bond donors (Lipinski definition) is 2. The van der Waals surface area contributed by atoms with Crippen LogP contribution in [0.5, 0.6) is 0 Å². The molecule has 0 heterocycles. The molecule has 0 aliphatic heterocycles. The second-order valence-corrected chi connectivity index (χ2v) is 4.16. The quantitative estimate of drug-likeness (QED) is 0.285. The lowest BCUT2D eigenvalue weighted by molar-refractivity contribution is -0.385. The van der Waals surface area contributed by atoms with Gasteiger partial charge in [-0.1, -0.05) is 18.2 Å². The zero-order chi connectivity index (χ0) is 18.1. The highest BCUT2D eigenvalue weighted by molar-refractivity contribution is 5.91. The largest absolute Gasteiger partial charge is 0.460 e. The van der Waals surface area contributed by atoms with Crippen LogP contribution in [0.1, 0.15) is 0 Å². The smallest absolute Gasteiger partial charge is 0.307 e. The summed E-state index contributed by atoms with van der Waals surface area (Å²) in [5, 5.41) is 0. The summed E-state index contributed by atoms with van der Waals surface area (Å²) in [6, 6.07) is 5.86. The third-order valence-corrected chi connectivity index (χ3v) is 2.58. The first kappa shape index (κ1) is 19.1. The molecule has 0 aromatic heterocycles. The van der Waals surface area contributed by atoms with E-state index >= 15 is 0 Å². The van der Waals surface area contributed by atoms with Crippen molar-refractivity contribution >= 4 is 11.5 Å². The lowest BCUT2D eigenvalue weighted by atomic mass is 10.0. The van der Waals surface area contributed by atoms with Gasteiger partial charge < -0.3 is 5.43 Å². The molecule has 0 amide bonds. The van der Waals surface area contributed by atoms with Crippen molar-refractivity contribution in [3.63, 3.8) is 0 Å². The summed E-state index contributed by atoms with van der Waals surface area (Å²) in [7, 11) is 0. The predicted molar refractivity (Wildman–Crippen MR) is 61.8 cm³/mol. The number of para-hydroxylation sites is 1. The number of rotatable bonds is 4. The molecule has 0 radical (unpaired) electrons. The molecule has 0 bridgehead atoms. The number of nitrogens with two attached hydrogens (primary N) is 1. The van der Waals surface area contributed by atoms with Crippen LogP contribution in [0.3, 0.4) is 0 Å². The summed E-state index contributed by atoms with van der Waals surface area (Å²) in [5.74, 6) is -17.6. The van der Waals surface area contributed by atoms with Crippen molar-refractivity contribution in [2.24, 2.45) is 10.8 Å². The monoisotopic (exact) mass is 353 g/mol. The molecule has 0 aliphatic rings. The van der Waals surface area contributed by atoms with E-state index in [0.717, 1.165) is 17.6 Å². The predicted octanol–water partition coefficient (Wildman–Crippen LogP) is 3.65. The SMILES string of the molecule is NNC(=Nc1ccccc1)C(F)(F)C(F)(F)C(F)(F)C(F)(F)F. The maximum absolute atomic E-state index is 13.6. The zero-order valence-electron chi connectivity index (χ0n) is 10.8. The van der Waals surface area contributed by atoms with Crippen LogP contribution in [0, 0.1) is 0 Å². The summed E-state index contributed by atoms with van der Waals surface area (Å²) >= 11 is 0. The first-order valence-electron chi connectivity index (χ1n) is 5.60. The molecule has 0 saturated carbocycles. The minimum absolute atomic E-state index is 0.425. The van der Waals surface area contributed by atoms with Gasteiger partial charge in [0.05, 0.1) is 5.69 Å². The average Bonchev–Trinajstić information content (AvgIpc) is 2.44. The summed E-state index contributed by atoms with van der Waals surface area (Å²) in [6.45, 7) is 0. The second kappa shape index (κ2) is 5.91. The van der Waals surface area contributed by atoms with Crippen molar-refractivity contribution in [2.45, 2.75) is 23.9 Å². The van der Waals surface area contributed by atoms with Crippen LogP contribution >= 0.6 is 0 Å². The summed E-state index contributed by atoms with van der Waals surface area (Å²) in [4.78, 5) is 2.86. The topological polar surface area (TPSA) is 50.4 Å². The van der Waals surface area contributed by atoms with Crippen molar-refractivity contribution in [3.8, 4) is 0 Å². The number of nitrogens with zero attached hydrogens (tertiary/aromatic N) is 1. The van der Waals surface area contributed by atoms with Gasteiger partial charge in [0.2, 0.25) is 0 Å². The van der Waals surface area contributed by atoms with Crippen molar-refractivity contribution in [2.75, 3.05) is 0 Å². The van der Waals surface area contributed by atoms with Gasteiger partial charge in [0.25, 0.3) is 0 Å². The average molecular weight is 353 g/mol. The van der Waals surface area contributed by atoms with Crippen molar-refractivity contribution in [3.05, 3.63) is 30.3 Å². The molecular formula is C11H8F9N3. The van der Waals surface area contributed by atoms with Gasteiger partial charge in [0, 0.05) is 0 Å². The minimum Gasteiger partial charge on any atom is -0.307 e. The maximum atomic E-state index is 13.6. The minimum atomic E-state index is -7.02. The Morgan fingerprint density at radius 3 is 1.70 bits per heavy atom. The molecule has 3 N–H and O–H groups in total. The van der Waals surface area contributed by atoms with Gasteiger partial charge in [-0.05, 0) is 12.1 Å². The van der Waals surface area contributed by atoms with E-state index in [2.05, 4.69) is 10.8 Å². The van der Waals surface area contributed by atoms with Gasteiger partial charge in [-0.25, -0.2) is 10.8 Å². The Kier molecular flexibility index (Phi) is 4.90. The Labute approximate surface area is 123 Å². The van der Waals surface area contributed by atoms with Gasteiger partial charge in [0.1, 0.15) is 0 Å². The third kappa shape index (κ3) is 3.21. The first-order valence-corrected chi connectivity index (χ1v) is 5.60. The Hall–Kier alpha value is -1.98. The Morgan fingerprint density at radius 1 is 0.826 bits per heavy atom. The van der Waals surface area contributed by atoms with Crippen LogP contribution in [-0.4, -0.2) is 29.8 Å². The molecule has 1 aromatic carbocycles. The van der Waals surface area contributed by atoms with Crippen molar-refractivity contribution < 1.29 is 39.5 Å². The fraction of sp³-hybridized carbons (Fsp3) is 0.364. The van der Waals surface area contributed by atoms with Crippen LogP contribution in [0.25, 0.3) is 0 Å². The fourth-order valence-electron chi connectivity index (χ4n) is 1.35. The molecule has 130 valence electrons. The van der Waals surface area contributed by atoms with Crippen LogP contribution in [0.2, 0.25) is 0 Å². The van der Waals surface area contributed by atoms with Gasteiger partial charge in [-0.3, -0.25) is 0 Å². The first-order chi connectivity index (χ1) is 10.3. The molecule has 0 unspecified atom stereocenters. The van der Waals surface area contributed by atoms with Gasteiger partial charge >= 0.3 is 23.9 Å². The normalized spacial score (nSPS) is 14.8. The summed E-state index contributed by atoms with van der Waals surface area (Å²) < 4.78 is 115. The summed E-state index contributed by atoms with van der Waals surface area (Å²) in [6.07, 6.45) is -6.91. The Bertz CT molecular complexity index is 566. The number of aliphatic imine (C=N–C) groups is 1. The molecule has 23 heavy (non-hydrogen) atoms. The fourth-order valence-corrected chi connectivity index (χ4v) is 1.35. The molecule has 1 aromatic rings. The van der Waals surface area contributed by atoms with Crippen molar-refractivity contribution in [1.82, 2.24) is 5.43 Å². The molecule has 0 atom stereocenters. The number of benzene rings is 1. The number of hydrogen-bond acceptors (Lipinski definition) is 2. The van der Waals surface area contributed by atoms with Gasteiger partial charge in [-0.2, -0.15) is 39.5 Å². The molecule has 0 aliphatic carbocycles. The Balaban J connectivity index is 3.39. The highest BCUT2D eigenvalue weighted by Gasteiger charge is 2.83. The molecule has 12 heteroatoms. The summed E-state index contributed by atoms with van der Waals surface area (Å²) in [5.41, 5.74) is 0.515. The van der Waals surface area contributed by atoms with E-state index in [1.807, 2.05) is 0 Å². The molecule has 1 rings (SSSR count). The van der Waals surface area contributed by atoms with E-state index in [9.17, 15) is 39.5 Å². The number of alkyl halides is 9. The highest BCUT2D eigenvalue weighted by Crippen LogP contribution is 2.53. The van der Waals surface area contributed by atoms with Crippen LogP contribution in [0.15, 0.2) is 35.3 Å². The lowest BCUT2D eigenvalue weighted by Gasteiger charge is -2.33. The van der Waals surface area contributed by atoms with Gasteiger partial charge in [0.15, 0.2) is 5.84 Å². The van der Waals surface area contributed by atoms with E-state index in [-0.39, 0.29) is 0 Å². The number of nitrogens with one attached hydrogen (secondary N) is 1. The number of hydrazine groups is 1. The molecule has 3 nitrogen and oxygen atoms in total. The Morgan fingerprint density at radius 2 is 1.30 bits per heavy atom. The molecular weight excluding hydrogens is 345 g/mol. The number of halogens is 9. The second-order valence-electron chi connectivity index (χ2n) is 4.16. The third-order valence-electron chi connectivity index (χ3n) is 2.58. The van der Waals surface area contributed by atoms with Crippen LogP contribution in [0.4, 0.5) is 45.2 Å². The molecule has 0 saturated heterocycles. The van der Waals surface area contributed by atoms with E-state index in [1.54, 1.807) is 0 Å². The molecule has 0 spiro atoms. The maximum Gasteiger partial charge on any atom is 0.460 e. The highest BCUT2D eigenvalue weighted by atomic mass is 19.4. The standard InChI is InChI=1S/C11H8F9N3/c12-8(13,9(14,15)10(16,17)11(18,19)20)7(23-21)22-6-4-2-1-3-5-6/h1-5H,21H2,(H,22,23). The van der Waals surface area contributed by atoms with E-state index in [1.165, 1.54) is 18.2 Å². The van der Waals surface area contributed by atoms with Crippen LogP contribution in [-0.2, 0) is 0 Å². The lowest BCUT2D eigenvalue weighted by Crippen LogP contribution is -2.65. The molecule has 0 fully saturated rings. The van der Waals surface area contributed by atoms with Gasteiger partial charge in [-0.15, -0.1) is 0 Å². The van der Waals surface area contributed by atoms with E-state index in [4.69, 9.17) is 0 Å². The number of amidine groups is 1. The zero-order valence-corrected chi connectivity index (χ0v) is 10.8. The van der Waals surface area contributed by atoms with E-state index in [0.29, 0.717) is 0 Å². The van der Waals surface area contributed by atoms with Crippen LogP contribution < -0.4 is 11.3 Å². The van der Waals surface area contributed by atoms with Crippen molar-refractivity contribution in [1.29, 1.82) is 0 Å².